The summed E-state index contributed by atoms with van der Waals surface area (Å²) in [6.45, 7) is 27.1. The van der Waals surface area contributed by atoms with Crippen molar-refractivity contribution in [3.8, 4) is 0 Å². The van der Waals surface area contributed by atoms with Gasteiger partial charge in [0.05, 0.1) is 50.8 Å². The first kappa shape index (κ1) is 85.9. The third kappa shape index (κ3) is 30.2. The van der Waals surface area contributed by atoms with Crippen molar-refractivity contribution in [3.05, 3.63) is 169 Å². The van der Waals surface area contributed by atoms with Crippen LogP contribution in [-0.4, -0.2) is 114 Å². The van der Waals surface area contributed by atoms with Crippen molar-refractivity contribution in [2.24, 2.45) is 34.5 Å². The first-order valence-corrected chi connectivity index (χ1v) is 39.0. The number of alkyl halides is 2. The Morgan fingerprint density at radius 2 is 0.888 bits per heavy atom. The van der Waals surface area contributed by atoms with Gasteiger partial charge in [-0.2, -0.15) is 113 Å². The van der Waals surface area contributed by atoms with E-state index in [9.17, 15) is 28.6 Å². The molecule has 8 bridgehead atoms. The van der Waals surface area contributed by atoms with Gasteiger partial charge in [0.25, 0.3) is 0 Å². The van der Waals surface area contributed by atoms with Gasteiger partial charge in [-0.05, 0) is 170 Å². The van der Waals surface area contributed by atoms with Crippen LogP contribution in [0.2, 0.25) is 0 Å². The van der Waals surface area contributed by atoms with Gasteiger partial charge in [-0.1, -0.05) is 106 Å². The van der Waals surface area contributed by atoms with Gasteiger partial charge in [0.1, 0.15) is 11.5 Å². The van der Waals surface area contributed by atoms with Crippen molar-refractivity contribution in [2.75, 3.05) is 62.7 Å². The number of esters is 2. The van der Waals surface area contributed by atoms with Crippen molar-refractivity contribution in [3.63, 3.8) is 0 Å². The molecule has 0 aromatic heterocycles. The Balaban J connectivity index is 0.000000249. The molecule has 8 saturated carbocycles. The average molecular weight is 1550 g/mol. The molecule has 5 aromatic carbocycles. The minimum atomic E-state index is -3.43. The standard InChI is InChI=1S/C20H26I.C14H20F2O3.C14H22O3.C14H21OS.2C6H5.C4H8OS.2CO2.Cu/c1-19(2,3)15-7-11-17(12-8-15)21-18-13-9-16(10-14-18)20(4,5)6;1-12(15,16)11(17)19-8-13-3-9-2-10(4-13)6-14(18,5-9)7-13;1-2-12(15)17-9-13-4-10-3-11(5-13)7-14(16,6-10)8-13;1-14(2,3)12-4-6-13(7-5-12)16-10-8-15-9-11-16;2*1-2-4-6-5-3-1;1-3-6-4-2-5-1;2*2-1-3;/h7-14H,1-6H3;9-10,18H,2-8H2,1H3;10-11,16H,2-9H2,1H3;4-7H,8-11H2,1-3H3;2*1-5H;1-4H2;;;/q+1;;;+1;2*-1;;;;+2. The quantitative estimate of drug-likeness (QED) is 0.0468. The van der Waals surface area contributed by atoms with Gasteiger partial charge < -0.3 is 29.2 Å². The second kappa shape index (κ2) is 40.9. The van der Waals surface area contributed by atoms with Gasteiger partial charge >= 0.3 is 68.4 Å². The molecule has 0 spiro atoms. The molecule has 10 aliphatic rings. The van der Waals surface area contributed by atoms with Crippen molar-refractivity contribution in [1.82, 2.24) is 0 Å². The van der Waals surface area contributed by atoms with Crippen molar-refractivity contribution in [2.45, 2.75) is 198 Å². The number of benzene rings is 5. The van der Waals surface area contributed by atoms with Gasteiger partial charge in [-0.25, -0.2) is 4.79 Å². The Morgan fingerprint density at radius 3 is 1.15 bits per heavy atom. The number of hydrogen-bond acceptors (Lipinski definition) is 13. The zero-order valence-electron chi connectivity index (χ0n) is 59.5. The summed E-state index contributed by atoms with van der Waals surface area (Å²) in [4.78, 5) is 56.5. The van der Waals surface area contributed by atoms with E-state index < -0.39 is 23.1 Å². The van der Waals surface area contributed by atoms with E-state index in [0.717, 1.165) is 90.6 Å². The van der Waals surface area contributed by atoms with Gasteiger partial charge in [0.15, 0.2) is 12.0 Å². The molecule has 12 nitrogen and oxygen atoms in total. The minimum Gasteiger partial charge on any atom is -0.465 e. The zero-order chi connectivity index (χ0) is 71.4. The van der Waals surface area contributed by atoms with Gasteiger partial charge in [-0.3, -0.25) is 4.79 Å². The van der Waals surface area contributed by atoms with Crippen molar-refractivity contribution in [1.29, 1.82) is 0 Å². The van der Waals surface area contributed by atoms with E-state index in [0.29, 0.717) is 60.9 Å². The molecule has 2 heterocycles. The van der Waals surface area contributed by atoms with Crippen LogP contribution < -0.4 is 21.2 Å². The molecule has 0 amide bonds. The molecule has 18 heteroatoms. The Labute approximate surface area is 611 Å². The summed E-state index contributed by atoms with van der Waals surface area (Å²) in [5, 5.41) is 21.1. The third-order valence-electron chi connectivity index (χ3n) is 18.6. The van der Waals surface area contributed by atoms with Crippen LogP contribution in [0.1, 0.15) is 176 Å². The summed E-state index contributed by atoms with van der Waals surface area (Å²) in [5.74, 6) is 2.08. The summed E-state index contributed by atoms with van der Waals surface area (Å²) in [6.07, 6.45) is 12.5. The van der Waals surface area contributed by atoms with E-state index in [4.69, 9.17) is 38.1 Å². The molecule has 4 atom stereocenters. The fraction of sp³-hybridized carbons (Fsp3) is 0.575. The summed E-state index contributed by atoms with van der Waals surface area (Å²) < 4.78 is 49.3. The van der Waals surface area contributed by atoms with E-state index in [1.165, 1.54) is 58.2 Å². The minimum absolute atomic E-state index is 0. The summed E-state index contributed by atoms with van der Waals surface area (Å²) in [5.41, 5.74) is 3.75. The topological polar surface area (TPSA) is 180 Å². The van der Waals surface area contributed by atoms with E-state index in [1.54, 1.807) is 0 Å². The van der Waals surface area contributed by atoms with Crippen LogP contribution >= 0.6 is 11.8 Å². The van der Waals surface area contributed by atoms with Crippen LogP contribution in [0.5, 0.6) is 0 Å². The number of carbonyl (C=O) groups is 2. The molecule has 5 aromatic rings. The molecule has 98 heavy (non-hydrogen) atoms. The maximum atomic E-state index is 12.8. The Hall–Kier alpha value is -4.55. The number of hydrogen-bond donors (Lipinski definition) is 2. The van der Waals surface area contributed by atoms with Crippen LogP contribution in [0.25, 0.3) is 0 Å². The molecule has 15 rings (SSSR count). The van der Waals surface area contributed by atoms with Crippen LogP contribution in [0.15, 0.2) is 138 Å². The molecule has 4 unspecified atom stereocenters. The smallest absolute Gasteiger partial charge is 0.465 e. The van der Waals surface area contributed by atoms with Gasteiger partial charge in [-0.15, -0.1) is 0 Å². The predicted octanol–water partition coefficient (Wildman–Crippen LogP) is 12.7. The molecule has 541 valence electrons. The summed E-state index contributed by atoms with van der Waals surface area (Å²) in [6, 6.07) is 52.6. The van der Waals surface area contributed by atoms with E-state index in [2.05, 4.69) is 147 Å². The number of thioether (sulfide) groups is 1. The zero-order valence-corrected chi connectivity index (χ0v) is 64.2. The second-order valence-electron chi connectivity index (χ2n) is 30.3. The van der Waals surface area contributed by atoms with Crippen molar-refractivity contribution >= 4 is 46.9 Å². The first-order valence-electron chi connectivity index (χ1n) is 34.1. The van der Waals surface area contributed by atoms with Crippen LogP contribution in [0.3, 0.4) is 0 Å². The maximum Gasteiger partial charge on any atom is 2.00 e. The monoisotopic (exact) mass is 1550 g/mol. The molecular formula is C80H107CuF2IO12S2+2. The fourth-order valence-corrected chi connectivity index (χ4v) is 19.7. The van der Waals surface area contributed by atoms with E-state index >= 15 is 0 Å². The third-order valence-corrected chi connectivity index (χ3v) is 24.4. The Morgan fingerprint density at radius 1 is 0.551 bits per heavy atom. The van der Waals surface area contributed by atoms with Crippen LogP contribution in [0, 0.1) is 53.8 Å². The molecule has 10 fully saturated rings. The number of halogens is 3. The maximum absolute atomic E-state index is 12.8. The van der Waals surface area contributed by atoms with Crippen molar-refractivity contribution < 1.29 is 105 Å². The molecular weight excluding hydrogens is 1450 g/mol. The van der Waals surface area contributed by atoms with Crippen LogP contribution in [-0.2, 0) is 91.9 Å². The fourth-order valence-electron chi connectivity index (χ4n) is 15.0. The number of carbonyl (C=O) groups excluding carboxylic acids is 6. The Bertz CT molecular complexity index is 2960. The van der Waals surface area contributed by atoms with Gasteiger partial charge in [0, 0.05) is 46.6 Å². The predicted molar refractivity (Wildman–Crippen MR) is 375 cm³/mol. The molecule has 2 aliphatic heterocycles. The molecule has 1 radical (unpaired) electrons. The summed E-state index contributed by atoms with van der Waals surface area (Å²) in [7, 11) is 0.432. The molecule has 2 N–H and O–H groups in total. The number of ether oxygens (including phenoxy) is 4. The largest absolute Gasteiger partial charge is 2.00 e. The number of rotatable bonds is 9. The summed E-state index contributed by atoms with van der Waals surface area (Å²) >= 11 is 1.90. The average Bonchev–Trinajstić information content (AvgIpc) is 0.739. The normalized spacial score (nSPS) is 25.1. The number of aliphatic hydroxyl groups is 2. The molecule has 2 saturated heterocycles. The second-order valence-corrected chi connectivity index (χ2v) is 36.8. The van der Waals surface area contributed by atoms with E-state index in [1.807, 2.05) is 79.3 Å². The van der Waals surface area contributed by atoms with E-state index in [-0.39, 0.29) is 90.2 Å². The van der Waals surface area contributed by atoms with Gasteiger partial charge in [0.2, 0.25) is 0 Å². The SMILES string of the molecule is C1CSCCO1.CC(C)(C)c1ccc([I+]c2ccc(C(C)(C)C)cc2)cc1.CC(C)(C)c1ccc([S+]2CCOCC2)cc1.CC(F)(F)C(=O)OCC12CC3CC(CC(O)(C3)C1)C2.CCC(=O)OCC12CC3CC(CC(O)(C3)C1)C2.O=C=O.O=C=O.[Cu+2].[c-]1ccccc1.[c-]1ccccc1. The molecule has 8 aliphatic carbocycles. The Kier molecular flexibility index (Phi) is 35.9. The van der Waals surface area contributed by atoms with Crippen LogP contribution in [0.4, 0.5) is 8.78 Å². The first-order chi connectivity index (χ1) is 45.8.